The minimum Gasteiger partial charge on any atom is -0.491 e. The van der Waals surface area contributed by atoms with E-state index in [4.69, 9.17) is 4.74 Å². The van der Waals surface area contributed by atoms with Crippen LogP contribution < -0.4 is 10.1 Å². The maximum absolute atomic E-state index is 5.65. The van der Waals surface area contributed by atoms with Gasteiger partial charge in [0.1, 0.15) is 5.75 Å². The lowest BCUT2D eigenvalue weighted by molar-refractivity contribution is 0.242. The van der Waals surface area contributed by atoms with Crippen molar-refractivity contribution in [3.05, 3.63) is 29.8 Å². The molecule has 1 heterocycles. The second-order valence-electron chi connectivity index (χ2n) is 5.32. The first kappa shape index (κ1) is 13.4. The van der Waals surface area contributed by atoms with E-state index in [0.29, 0.717) is 6.04 Å². The van der Waals surface area contributed by atoms with Crippen molar-refractivity contribution in [3.63, 3.8) is 0 Å². The Morgan fingerprint density at radius 3 is 2.61 bits per heavy atom. The molecule has 0 spiro atoms. The van der Waals surface area contributed by atoms with Gasteiger partial charge in [0, 0.05) is 25.7 Å². The van der Waals surface area contributed by atoms with Crippen LogP contribution in [0.15, 0.2) is 24.3 Å². The van der Waals surface area contributed by atoms with E-state index in [-0.39, 0.29) is 6.10 Å². The van der Waals surface area contributed by atoms with Gasteiger partial charge in [0.05, 0.1) is 6.10 Å². The van der Waals surface area contributed by atoms with Gasteiger partial charge in [-0.1, -0.05) is 12.1 Å². The molecule has 1 saturated heterocycles. The third kappa shape index (κ3) is 3.72. The van der Waals surface area contributed by atoms with Crippen molar-refractivity contribution < 1.29 is 4.74 Å². The lowest BCUT2D eigenvalue weighted by atomic mass is 10.2. The normalized spacial score (nSPS) is 20.6. The molecule has 0 radical (unpaired) electrons. The second kappa shape index (κ2) is 6.21. The first-order valence-corrected chi connectivity index (χ1v) is 6.82. The Hall–Kier alpha value is -1.06. The molecule has 1 unspecified atom stereocenters. The number of benzene rings is 1. The molecule has 0 bridgehead atoms. The minimum absolute atomic E-state index is 0.241. The van der Waals surface area contributed by atoms with Gasteiger partial charge in [0.15, 0.2) is 0 Å². The molecule has 3 heteroatoms. The van der Waals surface area contributed by atoms with E-state index in [9.17, 15) is 0 Å². The maximum atomic E-state index is 5.65. The van der Waals surface area contributed by atoms with E-state index in [2.05, 4.69) is 48.3 Å². The van der Waals surface area contributed by atoms with Gasteiger partial charge in [-0.2, -0.15) is 0 Å². The number of ether oxygens (including phenoxy) is 1. The monoisotopic (exact) mass is 248 g/mol. The quantitative estimate of drug-likeness (QED) is 0.865. The number of hydrogen-bond donors (Lipinski definition) is 1. The van der Waals surface area contributed by atoms with Gasteiger partial charge in [-0.05, 0) is 45.0 Å². The fourth-order valence-corrected chi connectivity index (χ4v) is 2.42. The van der Waals surface area contributed by atoms with Gasteiger partial charge in [-0.25, -0.2) is 0 Å². The van der Waals surface area contributed by atoms with E-state index in [1.807, 2.05) is 7.05 Å². The molecule has 1 N–H and O–H groups in total. The van der Waals surface area contributed by atoms with E-state index >= 15 is 0 Å². The van der Waals surface area contributed by atoms with Gasteiger partial charge >= 0.3 is 0 Å². The zero-order valence-electron chi connectivity index (χ0n) is 11.6. The average Bonchev–Trinajstić information content (AvgIpc) is 2.79. The first-order valence-electron chi connectivity index (χ1n) is 6.82. The Labute approximate surface area is 110 Å². The summed E-state index contributed by atoms with van der Waals surface area (Å²) in [6, 6.07) is 9.14. The smallest absolute Gasteiger partial charge is 0.119 e. The van der Waals surface area contributed by atoms with Crippen molar-refractivity contribution >= 4 is 0 Å². The molecule has 1 aliphatic heterocycles. The van der Waals surface area contributed by atoms with Gasteiger partial charge in [-0.15, -0.1) is 0 Å². The molecule has 1 aliphatic rings. The van der Waals surface area contributed by atoms with Crippen molar-refractivity contribution in [2.45, 2.75) is 39.0 Å². The van der Waals surface area contributed by atoms with Crippen LogP contribution in [0, 0.1) is 0 Å². The Morgan fingerprint density at radius 1 is 1.33 bits per heavy atom. The molecule has 2 rings (SSSR count). The molecule has 3 nitrogen and oxygen atoms in total. The highest BCUT2D eigenvalue weighted by molar-refractivity contribution is 5.27. The zero-order chi connectivity index (χ0) is 13.0. The minimum atomic E-state index is 0.241. The fraction of sp³-hybridized carbons (Fsp3) is 0.600. The fourth-order valence-electron chi connectivity index (χ4n) is 2.42. The predicted octanol–water partition coefficient (Wildman–Crippen LogP) is 2.27. The van der Waals surface area contributed by atoms with Crippen LogP contribution in [0.2, 0.25) is 0 Å². The van der Waals surface area contributed by atoms with Crippen LogP contribution in [0.25, 0.3) is 0 Å². The highest BCUT2D eigenvalue weighted by Crippen LogP contribution is 2.17. The summed E-state index contributed by atoms with van der Waals surface area (Å²) in [5.74, 6) is 0.961. The summed E-state index contributed by atoms with van der Waals surface area (Å²) in [5.41, 5.74) is 1.36. The first-order chi connectivity index (χ1) is 8.67. The largest absolute Gasteiger partial charge is 0.491 e. The lowest BCUT2D eigenvalue weighted by Gasteiger charge is -2.16. The van der Waals surface area contributed by atoms with Crippen LogP contribution in [-0.4, -0.2) is 37.2 Å². The van der Waals surface area contributed by atoms with Gasteiger partial charge in [0.2, 0.25) is 0 Å². The highest BCUT2D eigenvalue weighted by atomic mass is 16.5. The molecule has 1 fully saturated rings. The molecule has 0 saturated carbocycles. The number of rotatable bonds is 5. The topological polar surface area (TPSA) is 24.5 Å². The summed E-state index contributed by atoms with van der Waals surface area (Å²) in [5, 5.41) is 3.35. The summed E-state index contributed by atoms with van der Waals surface area (Å²) < 4.78 is 5.65. The molecule has 18 heavy (non-hydrogen) atoms. The van der Waals surface area contributed by atoms with Crippen molar-refractivity contribution in [2.75, 3.05) is 20.1 Å². The number of likely N-dealkylation sites (tertiary alicyclic amines) is 1. The van der Waals surface area contributed by atoms with Crippen LogP contribution in [0.5, 0.6) is 5.75 Å². The van der Waals surface area contributed by atoms with E-state index in [1.54, 1.807) is 0 Å². The number of nitrogens with one attached hydrogen (secondary N) is 1. The summed E-state index contributed by atoms with van der Waals surface area (Å²) in [7, 11) is 2.05. The second-order valence-corrected chi connectivity index (χ2v) is 5.32. The molecule has 1 atom stereocenters. The Bertz CT molecular complexity index is 361. The Balaban J connectivity index is 1.87. The SMILES string of the molecule is CNC1CCN(Cc2ccc(OC(C)C)cc2)C1. The highest BCUT2D eigenvalue weighted by Gasteiger charge is 2.20. The molecule has 100 valence electrons. The predicted molar refractivity (Wildman–Crippen MR) is 74.9 cm³/mol. The van der Waals surface area contributed by atoms with E-state index in [0.717, 1.165) is 18.8 Å². The number of nitrogens with zero attached hydrogens (tertiary/aromatic N) is 1. The van der Waals surface area contributed by atoms with Crippen molar-refractivity contribution in [1.29, 1.82) is 0 Å². The third-order valence-electron chi connectivity index (χ3n) is 3.38. The molecule has 1 aromatic rings. The van der Waals surface area contributed by atoms with Gasteiger partial charge in [0.25, 0.3) is 0 Å². The molecule has 0 aromatic heterocycles. The molecule has 0 aliphatic carbocycles. The van der Waals surface area contributed by atoms with Crippen molar-refractivity contribution in [1.82, 2.24) is 10.2 Å². The van der Waals surface area contributed by atoms with Crippen LogP contribution in [0.3, 0.4) is 0 Å². The molecule has 0 amide bonds. The standard InChI is InChI=1S/C15H24N2O/c1-12(2)18-15-6-4-13(5-7-15)10-17-9-8-14(11-17)16-3/h4-7,12,14,16H,8-11H2,1-3H3. The zero-order valence-corrected chi connectivity index (χ0v) is 11.6. The maximum Gasteiger partial charge on any atom is 0.119 e. The molecular formula is C15H24N2O. The summed E-state index contributed by atoms with van der Waals surface area (Å²) in [6.07, 6.45) is 1.50. The van der Waals surface area contributed by atoms with E-state index < -0.39 is 0 Å². The molecule has 1 aromatic carbocycles. The van der Waals surface area contributed by atoms with Crippen LogP contribution in [0.4, 0.5) is 0 Å². The third-order valence-corrected chi connectivity index (χ3v) is 3.38. The molecular weight excluding hydrogens is 224 g/mol. The summed E-state index contributed by atoms with van der Waals surface area (Å²) >= 11 is 0. The van der Waals surface area contributed by atoms with Crippen molar-refractivity contribution in [2.24, 2.45) is 0 Å². The summed E-state index contributed by atoms with van der Waals surface area (Å²) in [6.45, 7) is 7.49. The van der Waals surface area contributed by atoms with Gasteiger partial charge < -0.3 is 10.1 Å². The van der Waals surface area contributed by atoms with Crippen LogP contribution in [-0.2, 0) is 6.54 Å². The van der Waals surface area contributed by atoms with Gasteiger partial charge in [-0.3, -0.25) is 4.90 Å². The average molecular weight is 248 g/mol. The van der Waals surface area contributed by atoms with Crippen molar-refractivity contribution in [3.8, 4) is 5.75 Å². The summed E-state index contributed by atoms with van der Waals surface area (Å²) in [4.78, 5) is 2.50. The lowest BCUT2D eigenvalue weighted by Crippen LogP contribution is -2.29. The number of hydrogen-bond acceptors (Lipinski definition) is 3. The Morgan fingerprint density at radius 2 is 2.06 bits per heavy atom. The Kier molecular flexibility index (Phi) is 4.61. The number of likely N-dealkylation sites (N-methyl/N-ethyl adjacent to an activating group) is 1. The van der Waals surface area contributed by atoms with Crippen LogP contribution in [0.1, 0.15) is 25.8 Å². The van der Waals surface area contributed by atoms with Crippen LogP contribution >= 0.6 is 0 Å². The van der Waals surface area contributed by atoms with E-state index in [1.165, 1.54) is 18.5 Å².